The van der Waals surface area contributed by atoms with E-state index in [1.165, 1.54) is 0 Å². The Morgan fingerprint density at radius 2 is 0.909 bits per heavy atom. The second-order valence-electron chi connectivity index (χ2n) is 10.8. The van der Waals surface area contributed by atoms with Crippen LogP contribution in [0.2, 0.25) is 0 Å². The molecule has 0 spiro atoms. The number of aromatic nitrogens is 6. The highest BCUT2D eigenvalue weighted by molar-refractivity contribution is 6.14. The molecule has 0 saturated carbocycles. The lowest BCUT2D eigenvalue weighted by molar-refractivity contribution is 1.16. The van der Waals surface area contributed by atoms with Gasteiger partial charge < -0.3 is 9.13 Å². The third-order valence-electron chi connectivity index (χ3n) is 8.39. The van der Waals surface area contributed by atoms with E-state index in [0.717, 1.165) is 77.6 Å². The first-order chi connectivity index (χ1) is 21.8. The van der Waals surface area contributed by atoms with Crippen LogP contribution in [0.5, 0.6) is 0 Å². The van der Waals surface area contributed by atoms with Gasteiger partial charge in [0.1, 0.15) is 11.0 Å². The van der Waals surface area contributed by atoms with E-state index in [0.29, 0.717) is 0 Å². The molecule has 0 saturated heterocycles. The Balaban J connectivity index is 1.29. The fraction of sp³-hybridized carbons (Fsp3) is 0. The lowest BCUT2D eigenvalue weighted by Gasteiger charge is -2.11. The van der Waals surface area contributed by atoms with Crippen molar-refractivity contribution >= 4 is 44.0 Å². The number of rotatable bonds is 4. The van der Waals surface area contributed by atoms with Crippen molar-refractivity contribution in [1.82, 2.24) is 29.1 Å². The summed E-state index contributed by atoms with van der Waals surface area (Å²) in [5.74, 6) is 0. The molecule has 6 nitrogen and oxygen atoms in total. The van der Waals surface area contributed by atoms with E-state index in [-0.39, 0.29) is 0 Å². The van der Waals surface area contributed by atoms with E-state index in [2.05, 4.69) is 104 Å². The maximum absolute atomic E-state index is 5.34. The van der Waals surface area contributed by atoms with Crippen LogP contribution in [0.25, 0.3) is 77.6 Å². The van der Waals surface area contributed by atoms with Crippen LogP contribution < -0.4 is 0 Å². The van der Waals surface area contributed by atoms with Gasteiger partial charge in [-0.25, -0.2) is 4.98 Å². The molecule has 0 aliphatic heterocycles. The smallest absolute Gasteiger partial charge is 0.116 e. The highest BCUT2D eigenvalue weighted by Gasteiger charge is 2.20. The Kier molecular flexibility index (Phi) is 5.40. The molecule has 44 heavy (non-hydrogen) atoms. The number of hydrogen-bond acceptors (Lipinski definition) is 4. The zero-order chi connectivity index (χ0) is 29.0. The zero-order valence-electron chi connectivity index (χ0n) is 23.5. The molecular weight excluding hydrogens is 540 g/mol. The second kappa shape index (κ2) is 9.71. The average Bonchev–Trinajstić information content (AvgIpc) is 3.60. The van der Waals surface area contributed by atoms with Crippen LogP contribution >= 0.6 is 0 Å². The molecular formula is C38H24N6. The van der Waals surface area contributed by atoms with Crippen molar-refractivity contribution in [1.29, 1.82) is 0 Å². The fourth-order valence-electron chi connectivity index (χ4n) is 6.35. The lowest BCUT2D eigenvalue weighted by atomic mass is 10.1. The van der Waals surface area contributed by atoms with Crippen LogP contribution in [-0.2, 0) is 0 Å². The van der Waals surface area contributed by atoms with Crippen molar-refractivity contribution in [2.45, 2.75) is 0 Å². The first-order valence-corrected chi connectivity index (χ1v) is 14.5. The molecule has 0 N–H and O–H groups in total. The first kappa shape index (κ1) is 24.5. The van der Waals surface area contributed by atoms with E-state index in [1.54, 1.807) is 0 Å². The molecule has 9 rings (SSSR count). The Morgan fingerprint density at radius 3 is 1.55 bits per heavy atom. The topological polar surface area (TPSA) is 61.4 Å². The molecule has 0 amide bonds. The molecule has 6 heteroatoms. The minimum absolute atomic E-state index is 0.890. The fourth-order valence-corrected chi connectivity index (χ4v) is 6.35. The molecule has 0 bridgehead atoms. The maximum Gasteiger partial charge on any atom is 0.116 e. The Labute approximate surface area is 252 Å². The molecule has 0 atom stereocenters. The molecule has 0 unspecified atom stereocenters. The van der Waals surface area contributed by atoms with Crippen LogP contribution in [0.15, 0.2) is 146 Å². The summed E-state index contributed by atoms with van der Waals surface area (Å²) in [5, 5.41) is 1.11. The predicted octanol–water partition coefficient (Wildman–Crippen LogP) is 8.79. The summed E-state index contributed by atoms with van der Waals surface area (Å²) >= 11 is 0. The van der Waals surface area contributed by atoms with Gasteiger partial charge in [0.05, 0.1) is 27.6 Å². The van der Waals surface area contributed by atoms with E-state index in [4.69, 9.17) is 9.97 Å². The van der Waals surface area contributed by atoms with Crippen molar-refractivity contribution in [2.75, 3.05) is 0 Å². The van der Waals surface area contributed by atoms with Gasteiger partial charge in [-0.2, -0.15) is 0 Å². The van der Waals surface area contributed by atoms with Gasteiger partial charge in [-0.15, -0.1) is 0 Å². The molecule has 3 aromatic carbocycles. The molecule has 0 aliphatic carbocycles. The summed E-state index contributed by atoms with van der Waals surface area (Å²) in [7, 11) is 0. The van der Waals surface area contributed by atoms with E-state index < -0.39 is 0 Å². The Morgan fingerprint density at radius 1 is 0.386 bits per heavy atom. The van der Waals surface area contributed by atoms with Gasteiger partial charge in [0.2, 0.25) is 0 Å². The normalized spacial score (nSPS) is 11.6. The number of pyridine rings is 4. The largest absolute Gasteiger partial charge is 0.308 e. The summed E-state index contributed by atoms with van der Waals surface area (Å²) in [6.07, 6.45) is 9.15. The molecule has 6 aromatic heterocycles. The van der Waals surface area contributed by atoms with Gasteiger partial charge >= 0.3 is 0 Å². The zero-order valence-corrected chi connectivity index (χ0v) is 23.5. The summed E-state index contributed by atoms with van der Waals surface area (Å²) in [5.41, 5.74) is 13.7. The standard InChI is InChI=1S/C38H24N6/c1-2-5-32-31(4-1)36-34(43(32)29-11-7-25(8-12-29)27-15-20-39-21-16-27)24-35-38(42-36)37-33(6-3-19-41-37)44(35)30-13-9-26(10-14-30)28-17-22-40-23-18-28/h1-24H. The molecule has 0 radical (unpaired) electrons. The average molecular weight is 565 g/mol. The summed E-state index contributed by atoms with van der Waals surface area (Å²) in [4.78, 5) is 18.5. The summed E-state index contributed by atoms with van der Waals surface area (Å²) < 4.78 is 4.59. The summed E-state index contributed by atoms with van der Waals surface area (Å²) in [6, 6.07) is 40.3. The predicted molar refractivity (Wildman–Crippen MR) is 177 cm³/mol. The number of hydrogen-bond donors (Lipinski definition) is 0. The van der Waals surface area contributed by atoms with Gasteiger partial charge in [-0.05, 0) is 95.1 Å². The Hall–Kier alpha value is -6.14. The SMILES string of the molecule is c1ccc2c(c1)c1nc3c4ncccc4n(-c4ccc(-c5ccncc5)cc4)c3cc1n2-c1ccc(-c2ccncc2)cc1. The highest BCUT2D eigenvalue weighted by atomic mass is 15.0. The van der Waals surface area contributed by atoms with Gasteiger partial charge in [-0.1, -0.05) is 42.5 Å². The third-order valence-corrected chi connectivity index (χ3v) is 8.39. The summed E-state index contributed by atoms with van der Waals surface area (Å²) in [6.45, 7) is 0. The van der Waals surface area contributed by atoms with Crippen LogP contribution in [-0.4, -0.2) is 29.1 Å². The molecule has 0 fully saturated rings. The number of nitrogens with zero attached hydrogens (tertiary/aromatic N) is 6. The molecule has 0 aliphatic rings. The molecule has 206 valence electrons. The quantitative estimate of drug-likeness (QED) is 0.214. The molecule has 6 heterocycles. The van der Waals surface area contributed by atoms with E-state index in [1.807, 2.05) is 61.3 Å². The van der Waals surface area contributed by atoms with E-state index in [9.17, 15) is 0 Å². The van der Waals surface area contributed by atoms with Crippen LogP contribution in [0.1, 0.15) is 0 Å². The number of para-hydroxylation sites is 1. The first-order valence-electron chi connectivity index (χ1n) is 14.5. The monoisotopic (exact) mass is 564 g/mol. The third kappa shape index (κ3) is 3.75. The van der Waals surface area contributed by atoms with E-state index >= 15 is 0 Å². The minimum Gasteiger partial charge on any atom is -0.308 e. The maximum atomic E-state index is 5.34. The van der Waals surface area contributed by atoms with Crippen LogP contribution in [0.3, 0.4) is 0 Å². The van der Waals surface area contributed by atoms with Crippen molar-refractivity contribution in [3.8, 4) is 33.6 Å². The minimum atomic E-state index is 0.890. The van der Waals surface area contributed by atoms with Crippen molar-refractivity contribution in [3.05, 3.63) is 146 Å². The van der Waals surface area contributed by atoms with Crippen LogP contribution in [0.4, 0.5) is 0 Å². The second-order valence-corrected chi connectivity index (χ2v) is 10.8. The van der Waals surface area contributed by atoms with Crippen molar-refractivity contribution < 1.29 is 0 Å². The Bertz CT molecular complexity index is 2290. The number of benzene rings is 3. The van der Waals surface area contributed by atoms with Gasteiger partial charge in [0.25, 0.3) is 0 Å². The van der Waals surface area contributed by atoms with Gasteiger partial charge in [0.15, 0.2) is 0 Å². The van der Waals surface area contributed by atoms with Crippen molar-refractivity contribution in [2.24, 2.45) is 0 Å². The highest BCUT2D eigenvalue weighted by Crippen LogP contribution is 2.37. The lowest BCUT2D eigenvalue weighted by Crippen LogP contribution is -1.96. The molecule has 9 aromatic rings. The van der Waals surface area contributed by atoms with Gasteiger partial charge in [0, 0.05) is 47.7 Å². The van der Waals surface area contributed by atoms with Gasteiger partial charge in [-0.3, -0.25) is 15.0 Å². The van der Waals surface area contributed by atoms with Crippen LogP contribution in [0, 0.1) is 0 Å². The number of fused-ring (bicyclic) bond motifs is 6. The van der Waals surface area contributed by atoms with Crippen molar-refractivity contribution in [3.63, 3.8) is 0 Å².